The number of ether oxygens (including phenoxy) is 1. The molecule has 2 amide bonds. The van der Waals surface area contributed by atoms with E-state index in [1.807, 2.05) is 43.3 Å². The molecule has 0 heterocycles. The molecule has 0 aromatic heterocycles. The molecule has 0 aliphatic heterocycles. The molecule has 0 fully saturated rings. The Morgan fingerprint density at radius 1 is 1.03 bits per heavy atom. The van der Waals surface area contributed by atoms with Crippen LogP contribution >= 0.6 is 34.2 Å². The SMILES string of the molecule is C[C@@H](c1ccccc1)[C@H](NC(=O)[C@H](N)c1ccc(OC[C@@H](O)CO)cc1)C(=O)Nc1ccc(I)cc1Cl. The van der Waals surface area contributed by atoms with E-state index in [0.29, 0.717) is 22.0 Å². The predicted molar refractivity (Wildman–Crippen MR) is 152 cm³/mol. The van der Waals surface area contributed by atoms with Crippen molar-refractivity contribution in [3.05, 3.63) is 92.5 Å². The van der Waals surface area contributed by atoms with E-state index in [1.54, 1.807) is 36.4 Å². The molecule has 0 saturated carbocycles. The van der Waals surface area contributed by atoms with Crippen LogP contribution in [0, 0.1) is 3.57 Å². The Hall–Kier alpha value is -2.70. The van der Waals surface area contributed by atoms with Gasteiger partial charge in [0, 0.05) is 9.49 Å². The number of nitrogens with two attached hydrogens (primary N) is 1. The van der Waals surface area contributed by atoms with E-state index in [9.17, 15) is 14.7 Å². The molecule has 8 nitrogen and oxygen atoms in total. The van der Waals surface area contributed by atoms with Crippen molar-refractivity contribution in [2.45, 2.75) is 31.0 Å². The Labute approximate surface area is 234 Å². The minimum atomic E-state index is -1.04. The molecule has 196 valence electrons. The third-order valence-corrected chi connectivity index (χ3v) is 6.75. The molecule has 6 N–H and O–H groups in total. The first-order chi connectivity index (χ1) is 17.7. The number of carbonyl (C=O) groups excluding carboxylic acids is 2. The summed E-state index contributed by atoms with van der Waals surface area (Å²) in [6.45, 7) is 1.38. The van der Waals surface area contributed by atoms with Crippen LogP contribution in [0.3, 0.4) is 0 Å². The number of nitrogens with one attached hydrogen (secondary N) is 2. The van der Waals surface area contributed by atoms with Crippen LogP contribution in [0.2, 0.25) is 5.02 Å². The zero-order valence-electron chi connectivity index (χ0n) is 20.1. The second-order valence-corrected chi connectivity index (χ2v) is 10.1. The molecule has 37 heavy (non-hydrogen) atoms. The summed E-state index contributed by atoms with van der Waals surface area (Å²) in [5.41, 5.74) is 8.06. The fourth-order valence-electron chi connectivity index (χ4n) is 3.58. The molecule has 4 atom stereocenters. The fourth-order valence-corrected chi connectivity index (χ4v) is 4.48. The quantitative estimate of drug-likeness (QED) is 0.204. The van der Waals surface area contributed by atoms with E-state index in [4.69, 9.17) is 27.2 Å². The first-order valence-corrected chi connectivity index (χ1v) is 13.0. The number of rotatable bonds is 11. The van der Waals surface area contributed by atoms with Crippen LogP contribution in [0.15, 0.2) is 72.8 Å². The van der Waals surface area contributed by atoms with E-state index in [0.717, 1.165) is 9.13 Å². The molecule has 0 saturated heterocycles. The Balaban J connectivity index is 1.76. The van der Waals surface area contributed by atoms with Gasteiger partial charge in [-0.15, -0.1) is 0 Å². The lowest BCUT2D eigenvalue weighted by molar-refractivity contribution is -0.127. The number of hydrogen-bond acceptors (Lipinski definition) is 6. The first-order valence-electron chi connectivity index (χ1n) is 11.6. The van der Waals surface area contributed by atoms with Crippen molar-refractivity contribution in [3.8, 4) is 5.75 Å². The molecule has 0 bridgehead atoms. The summed E-state index contributed by atoms with van der Waals surface area (Å²) < 4.78 is 6.31. The van der Waals surface area contributed by atoms with Crippen molar-refractivity contribution >= 4 is 51.7 Å². The summed E-state index contributed by atoms with van der Waals surface area (Å²) in [4.78, 5) is 26.5. The number of carbonyl (C=O) groups is 2. The molecule has 10 heteroatoms. The summed E-state index contributed by atoms with van der Waals surface area (Å²) in [5.74, 6) is -0.867. The summed E-state index contributed by atoms with van der Waals surface area (Å²) in [6, 6.07) is 19.2. The van der Waals surface area contributed by atoms with Crippen LogP contribution in [0.4, 0.5) is 5.69 Å². The molecule has 0 spiro atoms. The van der Waals surface area contributed by atoms with Gasteiger partial charge in [0.05, 0.1) is 17.3 Å². The zero-order valence-corrected chi connectivity index (χ0v) is 23.0. The van der Waals surface area contributed by atoms with Gasteiger partial charge in [-0.2, -0.15) is 0 Å². The van der Waals surface area contributed by atoms with E-state index >= 15 is 0 Å². The third kappa shape index (κ3) is 8.14. The van der Waals surface area contributed by atoms with Gasteiger partial charge >= 0.3 is 0 Å². The summed E-state index contributed by atoms with van der Waals surface area (Å²) in [7, 11) is 0. The van der Waals surface area contributed by atoms with Crippen molar-refractivity contribution in [1.29, 1.82) is 0 Å². The van der Waals surface area contributed by atoms with E-state index in [2.05, 4.69) is 33.2 Å². The second-order valence-electron chi connectivity index (χ2n) is 8.49. The van der Waals surface area contributed by atoms with Gasteiger partial charge < -0.3 is 31.3 Å². The Morgan fingerprint density at radius 2 is 1.70 bits per heavy atom. The van der Waals surface area contributed by atoms with Gasteiger partial charge in [-0.1, -0.05) is 61.0 Å². The highest BCUT2D eigenvalue weighted by Crippen LogP contribution is 2.26. The number of anilines is 1. The van der Waals surface area contributed by atoms with Gasteiger partial charge in [0.15, 0.2) is 0 Å². The highest BCUT2D eigenvalue weighted by Gasteiger charge is 2.30. The molecular weight excluding hydrogens is 609 g/mol. The zero-order chi connectivity index (χ0) is 26.9. The minimum Gasteiger partial charge on any atom is -0.491 e. The number of aliphatic hydroxyl groups excluding tert-OH is 2. The van der Waals surface area contributed by atoms with Gasteiger partial charge in [-0.25, -0.2) is 0 Å². The average molecular weight is 638 g/mol. The number of amides is 2. The lowest BCUT2D eigenvalue weighted by Gasteiger charge is -2.26. The molecule has 3 aromatic carbocycles. The van der Waals surface area contributed by atoms with E-state index in [1.165, 1.54) is 0 Å². The summed E-state index contributed by atoms with van der Waals surface area (Å²) >= 11 is 8.44. The van der Waals surface area contributed by atoms with Crippen LogP contribution < -0.4 is 21.1 Å². The molecular formula is C27H29ClIN3O5. The Morgan fingerprint density at radius 3 is 2.32 bits per heavy atom. The number of aliphatic hydroxyl groups is 2. The number of hydrogen-bond donors (Lipinski definition) is 5. The normalized spacial score (nSPS) is 14.2. The van der Waals surface area contributed by atoms with Gasteiger partial charge in [0.1, 0.15) is 30.5 Å². The highest BCUT2D eigenvalue weighted by molar-refractivity contribution is 14.1. The Bertz CT molecular complexity index is 1200. The van der Waals surface area contributed by atoms with Crippen molar-refractivity contribution in [1.82, 2.24) is 5.32 Å². The van der Waals surface area contributed by atoms with Crippen LogP contribution in [0.5, 0.6) is 5.75 Å². The topological polar surface area (TPSA) is 134 Å². The second kappa shape index (κ2) is 13.7. The summed E-state index contributed by atoms with van der Waals surface area (Å²) in [5, 5.41) is 24.3. The van der Waals surface area contributed by atoms with Gasteiger partial charge in [-0.3, -0.25) is 9.59 Å². The van der Waals surface area contributed by atoms with Crippen LogP contribution in [-0.2, 0) is 9.59 Å². The van der Waals surface area contributed by atoms with Crippen LogP contribution in [0.1, 0.15) is 30.0 Å². The van der Waals surface area contributed by atoms with Crippen molar-refractivity contribution in [2.75, 3.05) is 18.5 Å². The smallest absolute Gasteiger partial charge is 0.247 e. The lowest BCUT2D eigenvalue weighted by Crippen LogP contribution is -2.49. The van der Waals surface area contributed by atoms with Crippen molar-refractivity contribution in [2.24, 2.45) is 5.73 Å². The first kappa shape index (κ1) is 28.9. The maximum absolute atomic E-state index is 13.4. The van der Waals surface area contributed by atoms with E-state index in [-0.39, 0.29) is 12.5 Å². The predicted octanol–water partition coefficient (Wildman–Crippen LogP) is 3.60. The standard InChI is InChI=1S/C27H29ClIN3O5/c1-16(17-5-3-2-4-6-17)25(27(36)31-23-12-9-19(29)13-22(23)28)32-26(35)24(30)18-7-10-21(11-8-18)37-15-20(34)14-33/h2-13,16,20,24-25,33-34H,14-15,30H2,1H3,(H,31,36)(H,32,35)/t16-,20-,24+,25-/m0/s1. The average Bonchev–Trinajstić information content (AvgIpc) is 2.91. The maximum atomic E-state index is 13.4. The molecule has 0 radical (unpaired) electrons. The minimum absolute atomic E-state index is 0.0683. The molecule has 0 unspecified atom stereocenters. The largest absolute Gasteiger partial charge is 0.491 e. The van der Waals surface area contributed by atoms with Crippen molar-refractivity contribution < 1.29 is 24.5 Å². The molecule has 0 aliphatic rings. The molecule has 0 aliphatic carbocycles. The lowest BCUT2D eigenvalue weighted by atomic mass is 9.92. The van der Waals surface area contributed by atoms with Crippen molar-refractivity contribution in [3.63, 3.8) is 0 Å². The van der Waals surface area contributed by atoms with E-state index < -0.39 is 36.6 Å². The molecule has 3 rings (SSSR count). The maximum Gasteiger partial charge on any atom is 0.247 e. The van der Waals surface area contributed by atoms with Gasteiger partial charge in [-0.05, 0) is 64.0 Å². The Kier molecular flexibility index (Phi) is 10.7. The highest BCUT2D eigenvalue weighted by atomic mass is 127. The number of halogens is 2. The van der Waals surface area contributed by atoms with Gasteiger partial charge in [0.2, 0.25) is 11.8 Å². The number of benzene rings is 3. The molecule has 3 aromatic rings. The van der Waals surface area contributed by atoms with Gasteiger partial charge in [0.25, 0.3) is 0 Å². The fraction of sp³-hybridized carbons (Fsp3) is 0.259. The third-order valence-electron chi connectivity index (χ3n) is 5.77. The van der Waals surface area contributed by atoms with Crippen LogP contribution in [0.25, 0.3) is 0 Å². The van der Waals surface area contributed by atoms with Crippen LogP contribution in [-0.4, -0.2) is 47.4 Å². The summed E-state index contributed by atoms with van der Waals surface area (Å²) in [6.07, 6.45) is -0.989. The monoisotopic (exact) mass is 637 g/mol.